The molecule has 1 amide bonds. The van der Waals surface area contributed by atoms with Crippen molar-refractivity contribution < 1.29 is 18.3 Å². The molecule has 158 valence electrons. The number of carbonyl (C=O) groups is 1. The number of ether oxygens (including phenoxy) is 1. The Morgan fingerprint density at radius 1 is 1.23 bits per heavy atom. The van der Waals surface area contributed by atoms with Crippen LogP contribution in [0.3, 0.4) is 0 Å². The lowest BCUT2D eigenvalue weighted by Gasteiger charge is -2.20. The highest BCUT2D eigenvalue weighted by Gasteiger charge is 2.18. The van der Waals surface area contributed by atoms with Gasteiger partial charge in [-0.25, -0.2) is 18.6 Å². The molecule has 3 rings (SSSR count). The van der Waals surface area contributed by atoms with Crippen LogP contribution in [0.2, 0.25) is 5.02 Å². The maximum atomic E-state index is 14.3. The van der Waals surface area contributed by atoms with Crippen molar-refractivity contribution >= 4 is 28.6 Å². The second-order valence-electron chi connectivity index (χ2n) is 7.61. The average Bonchev–Trinajstić information content (AvgIpc) is 2.59. The first kappa shape index (κ1) is 21.7. The van der Waals surface area contributed by atoms with Crippen LogP contribution < -0.4 is 10.9 Å². The fourth-order valence-corrected chi connectivity index (χ4v) is 3.14. The van der Waals surface area contributed by atoms with Gasteiger partial charge in [0.15, 0.2) is 0 Å². The zero-order valence-corrected chi connectivity index (χ0v) is 17.4. The van der Waals surface area contributed by atoms with E-state index in [0.29, 0.717) is 0 Å². The minimum atomic E-state index is -0.736. The summed E-state index contributed by atoms with van der Waals surface area (Å²) >= 11 is 5.94. The molecule has 6 nitrogen and oxygen atoms in total. The molecular weight excluding hydrogens is 416 g/mol. The fraction of sp³-hybridized carbons (Fsp3) is 0.286. The topological polar surface area (TPSA) is 73.2 Å². The van der Waals surface area contributed by atoms with Crippen LogP contribution in [-0.4, -0.2) is 27.8 Å². The molecule has 0 saturated heterocycles. The van der Waals surface area contributed by atoms with E-state index in [-0.39, 0.29) is 40.4 Å². The Hall–Kier alpha value is -3.00. The van der Waals surface area contributed by atoms with Crippen LogP contribution in [0.4, 0.5) is 13.6 Å². The number of aromatic nitrogens is 2. The maximum Gasteiger partial charge on any atom is 0.407 e. The summed E-state index contributed by atoms with van der Waals surface area (Å²) in [6.07, 6.45) is -0.522. The summed E-state index contributed by atoms with van der Waals surface area (Å²) < 4.78 is 34.5. The number of halogens is 3. The maximum absolute atomic E-state index is 14.3. The van der Waals surface area contributed by atoms with Crippen molar-refractivity contribution in [2.75, 3.05) is 6.54 Å². The Morgan fingerprint density at radius 3 is 2.63 bits per heavy atom. The van der Waals surface area contributed by atoms with Crippen LogP contribution in [0.1, 0.15) is 26.6 Å². The van der Waals surface area contributed by atoms with E-state index in [2.05, 4.69) is 10.3 Å². The molecule has 0 fully saturated rings. The van der Waals surface area contributed by atoms with Gasteiger partial charge in [-0.2, -0.15) is 0 Å². The van der Waals surface area contributed by atoms with E-state index in [4.69, 9.17) is 16.3 Å². The highest BCUT2D eigenvalue weighted by Crippen LogP contribution is 2.20. The molecule has 0 spiro atoms. The molecule has 1 N–H and O–H groups in total. The van der Waals surface area contributed by atoms with Crippen LogP contribution >= 0.6 is 11.6 Å². The molecule has 0 aliphatic rings. The molecule has 9 heteroatoms. The third kappa shape index (κ3) is 4.94. The van der Waals surface area contributed by atoms with Crippen LogP contribution in [-0.2, 0) is 11.2 Å². The monoisotopic (exact) mass is 435 g/mol. The number of fused-ring (bicyclic) bond motifs is 1. The zero-order chi connectivity index (χ0) is 22.1. The molecule has 0 aliphatic carbocycles. The molecule has 1 aromatic heterocycles. The van der Waals surface area contributed by atoms with Crippen LogP contribution in [0.25, 0.3) is 16.6 Å². The molecular formula is C21H20ClF2N3O3. The SMILES string of the molecule is CC(C)(C)OC(=O)NCCc1nc2cccc(F)c2c(=O)n1-c1cc(F)cc(Cl)c1. The fourth-order valence-electron chi connectivity index (χ4n) is 2.93. The van der Waals surface area contributed by atoms with E-state index in [1.54, 1.807) is 20.8 Å². The average molecular weight is 436 g/mol. The van der Waals surface area contributed by atoms with Crippen LogP contribution in [0, 0.1) is 11.6 Å². The Bertz CT molecular complexity index is 1150. The van der Waals surface area contributed by atoms with E-state index in [0.717, 1.165) is 22.8 Å². The van der Waals surface area contributed by atoms with Crippen molar-refractivity contribution in [3.63, 3.8) is 0 Å². The van der Waals surface area contributed by atoms with Crippen molar-refractivity contribution in [1.82, 2.24) is 14.9 Å². The van der Waals surface area contributed by atoms with Crippen molar-refractivity contribution in [1.29, 1.82) is 0 Å². The lowest BCUT2D eigenvalue weighted by molar-refractivity contribution is 0.0528. The van der Waals surface area contributed by atoms with Gasteiger partial charge in [-0.1, -0.05) is 17.7 Å². The van der Waals surface area contributed by atoms with Gasteiger partial charge in [0.1, 0.15) is 28.4 Å². The molecule has 0 saturated carbocycles. The van der Waals surface area contributed by atoms with Gasteiger partial charge in [0, 0.05) is 18.0 Å². The van der Waals surface area contributed by atoms with E-state index >= 15 is 0 Å². The van der Waals surface area contributed by atoms with Crippen molar-refractivity contribution in [3.8, 4) is 5.69 Å². The largest absolute Gasteiger partial charge is 0.444 e. The highest BCUT2D eigenvalue weighted by atomic mass is 35.5. The normalized spacial score (nSPS) is 11.5. The Kier molecular flexibility index (Phi) is 6.07. The zero-order valence-electron chi connectivity index (χ0n) is 16.6. The molecule has 0 bridgehead atoms. The van der Waals surface area contributed by atoms with Gasteiger partial charge in [-0.15, -0.1) is 0 Å². The van der Waals surface area contributed by atoms with Gasteiger partial charge in [-0.05, 0) is 51.1 Å². The molecule has 3 aromatic rings. The molecule has 0 unspecified atom stereocenters. The molecule has 30 heavy (non-hydrogen) atoms. The van der Waals surface area contributed by atoms with Crippen molar-refractivity contribution in [2.45, 2.75) is 32.8 Å². The lowest BCUT2D eigenvalue weighted by Crippen LogP contribution is -2.34. The van der Waals surface area contributed by atoms with Crippen LogP contribution in [0.5, 0.6) is 0 Å². The Morgan fingerprint density at radius 2 is 1.97 bits per heavy atom. The quantitative estimate of drug-likeness (QED) is 0.659. The first-order chi connectivity index (χ1) is 14.0. The highest BCUT2D eigenvalue weighted by molar-refractivity contribution is 6.30. The van der Waals surface area contributed by atoms with E-state index < -0.39 is 28.9 Å². The van der Waals surface area contributed by atoms with Gasteiger partial charge in [0.05, 0.1) is 11.2 Å². The molecule has 0 atom stereocenters. The lowest BCUT2D eigenvalue weighted by atomic mass is 10.2. The second-order valence-corrected chi connectivity index (χ2v) is 8.05. The van der Waals surface area contributed by atoms with E-state index in [1.807, 2.05) is 0 Å². The molecule has 1 heterocycles. The van der Waals surface area contributed by atoms with Gasteiger partial charge >= 0.3 is 6.09 Å². The first-order valence-electron chi connectivity index (χ1n) is 9.18. The summed E-state index contributed by atoms with van der Waals surface area (Å²) in [7, 11) is 0. The number of alkyl carbamates (subject to hydrolysis) is 1. The number of hydrogen-bond donors (Lipinski definition) is 1. The smallest absolute Gasteiger partial charge is 0.407 e. The first-order valence-corrected chi connectivity index (χ1v) is 9.56. The summed E-state index contributed by atoms with van der Waals surface area (Å²) in [4.78, 5) is 29.3. The number of nitrogens with zero attached hydrogens (tertiary/aromatic N) is 2. The number of nitrogens with one attached hydrogen (secondary N) is 1. The Balaban J connectivity index is 2.04. The van der Waals surface area contributed by atoms with Crippen molar-refractivity contribution in [2.24, 2.45) is 0 Å². The summed E-state index contributed by atoms with van der Waals surface area (Å²) in [5.41, 5.74) is -1.10. The van der Waals surface area contributed by atoms with Gasteiger partial charge in [0.2, 0.25) is 0 Å². The summed E-state index contributed by atoms with van der Waals surface area (Å²) in [5, 5.41) is 2.43. The standard InChI is InChI=1S/C21H20ClF2N3O3/c1-21(2,3)30-20(29)25-8-7-17-26-16-6-4-5-15(24)18(16)19(28)27(17)14-10-12(22)9-13(23)11-14/h4-6,9-11H,7-8H2,1-3H3,(H,25,29). The molecule has 0 aliphatic heterocycles. The number of benzene rings is 2. The van der Waals surface area contributed by atoms with E-state index in [1.165, 1.54) is 18.2 Å². The summed E-state index contributed by atoms with van der Waals surface area (Å²) in [6, 6.07) is 7.67. The number of carbonyl (C=O) groups excluding carboxylic acids is 1. The number of hydrogen-bond acceptors (Lipinski definition) is 4. The number of rotatable bonds is 4. The third-order valence-electron chi connectivity index (χ3n) is 4.04. The van der Waals surface area contributed by atoms with Crippen LogP contribution in [0.15, 0.2) is 41.2 Å². The minimum absolute atomic E-state index is 0.0726. The molecule has 2 aromatic carbocycles. The third-order valence-corrected chi connectivity index (χ3v) is 4.26. The second kappa shape index (κ2) is 8.39. The summed E-state index contributed by atoms with van der Waals surface area (Å²) in [6.45, 7) is 5.29. The van der Waals surface area contributed by atoms with Gasteiger partial charge in [-0.3, -0.25) is 9.36 Å². The van der Waals surface area contributed by atoms with Gasteiger partial charge in [0.25, 0.3) is 5.56 Å². The van der Waals surface area contributed by atoms with Crippen molar-refractivity contribution in [3.05, 3.63) is 69.2 Å². The minimum Gasteiger partial charge on any atom is -0.444 e. The Labute approximate surface area is 176 Å². The predicted octanol–water partition coefficient (Wildman–Crippen LogP) is 4.38. The van der Waals surface area contributed by atoms with Gasteiger partial charge < -0.3 is 10.1 Å². The van der Waals surface area contributed by atoms with E-state index in [9.17, 15) is 18.4 Å². The molecule has 0 radical (unpaired) electrons. The predicted molar refractivity (Wildman–Crippen MR) is 110 cm³/mol. The summed E-state index contributed by atoms with van der Waals surface area (Å²) in [5.74, 6) is -1.19. The number of amides is 1.